The standard InChI is InChI=1S/C16H23N3S2/c1-16(2,3)15-18-13-8-11(17)4-5-14(13)19(15)9-12-10-20-6-7-21-12/h4-5,8,12H,6-7,9-10,17H2,1-3H3. The van der Waals surface area contributed by atoms with E-state index in [-0.39, 0.29) is 5.41 Å². The second-order valence-electron chi connectivity index (χ2n) is 6.61. The van der Waals surface area contributed by atoms with Crippen LogP contribution in [0.5, 0.6) is 0 Å². The Labute approximate surface area is 135 Å². The number of imidazole rings is 1. The maximum Gasteiger partial charge on any atom is 0.115 e. The number of thioether (sulfide) groups is 2. The SMILES string of the molecule is CC(C)(C)c1nc2cc(N)ccc2n1CC1CSCCS1. The van der Waals surface area contributed by atoms with Crippen molar-refractivity contribution >= 4 is 40.2 Å². The van der Waals surface area contributed by atoms with Gasteiger partial charge in [0.15, 0.2) is 0 Å². The number of nitrogens with zero attached hydrogens (tertiary/aromatic N) is 2. The number of nitrogen functional groups attached to an aromatic ring is 1. The molecule has 1 aliphatic heterocycles. The van der Waals surface area contributed by atoms with Crippen LogP contribution in [0.1, 0.15) is 26.6 Å². The Morgan fingerprint density at radius 2 is 2.14 bits per heavy atom. The van der Waals surface area contributed by atoms with Gasteiger partial charge >= 0.3 is 0 Å². The molecule has 0 spiro atoms. The summed E-state index contributed by atoms with van der Waals surface area (Å²) in [4.78, 5) is 4.88. The minimum Gasteiger partial charge on any atom is -0.399 e. The van der Waals surface area contributed by atoms with Crippen LogP contribution in [-0.4, -0.2) is 32.1 Å². The Balaban J connectivity index is 2.04. The molecule has 1 unspecified atom stereocenters. The summed E-state index contributed by atoms with van der Waals surface area (Å²) in [6.45, 7) is 7.75. The van der Waals surface area contributed by atoms with Crippen LogP contribution in [0.3, 0.4) is 0 Å². The minimum absolute atomic E-state index is 0.0419. The lowest BCUT2D eigenvalue weighted by molar-refractivity contribution is 0.504. The monoisotopic (exact) mass is 321 g/mol. The molecule has 2 aromatic rings. The van der Waals surface area contributed by atoms with E-state index in [1.165, 1.54) is 28.6 Å². The van der Waals surface area contributed by atoms with Gasteiger partial charge in [-0.25, -0.2) is 4.98 Å². The molecule has 1 atom stereocenters. The molecule has 5 heteroatoms. The van der Waals surface area contributed by atoms with Gasteiger partial charge in [0.1, 0.15) is 5.82 Å². The molecule has 1 fully saturated rings. The summed E-state index contributed by atoms with van der Waals surface area (Å²) in [7, 11) is 0. The van der Waals surface area contributed by atoms with Gasteiger partial charge in [0.25, 0.3) is 0 Å². The molecule has 1 aliphatic rings. The molecule has 0 radical (unpaired) electrons. The highest BCUT2D eigenvalue weighted by Crippen LogP contribution is 2.31. The van der Waals surface area contributed by atoms with Gasteiger partial charge in [-0.05, 0) is 18.2 Å². The van der Waals surface area contributed by atoms with Gasteiger partial charge in [-0.3, -0.25) is 0 Å². The van der Waals surface area contributed by atoms with Gasteiger partial charge in [0, 0.05) is 40.2 Å². The summed E-state index contributed by atoms with van der Waals surface area (Å²) in [5.41, 5.74) is 8.98. The predicted octanol–water partition coefficient (Wildman–Crippen LogP) is 3.76. The number of hydrogen-bond acceptors (Lipinski definition) is 4. The molecule has 0 saturated carbocycles. The van der Waals surface area contributed by atoms with Crippen LogP contribution in [0, 0.1) is 0 Å². The van der Waals surface area contributed by atoms with Crippen LogP contribution >= 0.6 is 23.5 Å². The molecular weight excluding hydrogens is 298 g/mol. The van der Waals surface area contributed by atoms with Crippen LogP contribution in [0.4, 0.5) is 5.69 Å². The summed E-state index contributed by atoms with van der Waals surface area (Å²) in [6.07, 6.45) is 0. The molecule has 3 rings (SSSR count). The fraction of sp³-hybridized carbons (Fsp3) is 0.562. The molecule has 1 saturated heterocycles. The van der Waals surface area contributed by atoms with Crippen LogP contribution in [0.15, 0.2) is 18.2 Å². The Kier molecular flexibility index (Phi) is 4.14. The lowest BCUT2D eigenvalue weighted by atomic mass is 9.95. The van der Waals surface area contributed by atoms with Gasteiger partial charge in [0.2, 0.25) is 0 Å². The van der Waals surface area contributed by atoms with Crippen molar-refractivity contribution in [1.29, 1.82) is 0 Å². The summed E-state index contributed by atoms with van der Waals surface area (Å²) >= 11 is 4.17. The molecule has 2 N–H and O–H groups in total. The van der Waals surface area contributed by atoms with E-state index in [2.05, 4.69) is 54.9 Å². The Morgan fingerprint density at radius 3 is 2.81 bits per heavy atom. The number of anilines is 1. The fourth-order valence-corrected chi connectivity index (χ4v) is 5.40. The van der Waals surface area contributed by atoms with E-state index in [4.69, 9.17) is 10.7 Å². The average Bonchev–Trinajstić information content (AvgIpc) is 2.78. The quantitative estimate of drug-likeness (QED) is 0.855. The third-order valence-corrected chi connectivity index (χ3v) is 6.54. The average molecular weight is 322 g/mol. The molecule has 0 amide bonds. The lowest BCUT2D eigenvalue weighted by Crippen LogP contribution is -2.25. The number of benzene rings is 1. The van der Waals surface area contributed by atoms with Crippen molar-refractivity contribution in [1.82, 2.24) is 9.55 Å². The van der Waals surface area contributed by atoms with E-state index in [0.29, 0.717) is 5.25 Å². The Hall–Kier alpha value is -0.810. The normalized spacial score (nSPS) is 20.0. The first kappa shape index (κ1) is 15.1. The van der Waals surface area contributed by atoms with Crippen molar-refractivity contribution in [3.63, 3.8) is 0 Å². The van der Waals surface area contributed by atoms with Crippen molar-refractivity contribution in [2.75, 3.05) is 23.0 Å². The van der Waals surface area contributed by atoms with E-state index < -0.39 is 0 Å². The van der Waals surface area contributed by atoms with E-state index in [0.717, 1.165) is 17.7 Å². The fourth-order valence-electron chi connectivity index (χ4n) is 2.75. The van der Waals surface area contributed by atoms with Crippen LogP contribution < -0.4 is 5.73 Å². The molecule has 114 valence electrons. The zero-order valence-corrected chi connectivity index (χ0v) is 14.6. The number of nitrogens with two attached hydrogens (primary N) is 1. The van der Waals surface area contributed by atoms with Crippen molar-refractivity contribution in [2.24, 2.45) is 0 Å². The highest BCUT2D eigenvalue weighted by Gasteiger charge is 2.25. The summed E-state index contributed by atoms with van der Waals surface area (Å²) < 4.78 is 2.42. The Bertz CT molecular complexity index is 637. The molecule has 1 aromatic heterocycles. The zero-order chi connectivity index (χ0) is 15.0. The van der Waals surface area contributed by atoms with Gasteiger partial charge < -0.3 is 10.3 Å². The zero-order valence-electron chi connectivity index (χ0n) is 12.9. The molecule has 1 aromatic carbocycles. The van der Waals surface area contributed by atoms with Crippen molar-refractivity contribution in [3.05, 3.63) is 24.0 Å². The van der Waals surface area contributed by atoms with Crippen molar-refractivity contribution in [3.8, 4) is 0 Å². The van der Waals surface area contributed by atoms with Crippen LogP contribution in [-0.2, 0) is 12.0 Å². The van der Waals surface area contributed by atoms with Crippen LogP contribution in [0.25, 0.3) is 11.0 Å². The van der Waals surface area contributed by atoms with E-state index in [9.17, 15) is 0 Å². The van der Waals surface area contributed by atoms with E-state index in [1.807, 2.05) is 12.1 Å². The number of aromatic nitrogens is 2. The summed E-state index contributed by atoms with van der Waals surface area (Å²) in [5, 5.41) is 0.680. The second kappa shape index (κ2) is 5.76. The Morgan fingerprint density at radius 1 is 1.33 bits per heavy atom. The van der Waals surface area contributed by atoms with Crippen molar-refractivity contribution < 1.29 is 0 Å². The molecule has 0 bridgehead atoms. The molecule has 0 aliphatic carbocycles. The minimum atomic E-state index is 0.0419. The van der Waals surface area contributed by atoms with E-state index >= 15 is 0 Å². The van der Waals surface area contributed by atoms with Crippen LogP contribution in [0.2, 0.25) is 0 Å². The van der Waals surface area contributed by atoms with E-state index in [1.54, 1.807) is 0 Å². The first-order chi connectivity index (χ1) is 9.95. The third-order valence-electron chi connectivity index (χ3n) is 3.71. The molecule has 3 nitrogen and oxygen atoms in total. The maximum absolute atomic E-state index is 5.92. The second-order valence-corrected chi connectivity index (χ2v) is 9.17. The number of fused-ring (bicyclic) bond motifs is 1. The molecule has 2 heterocycles. The van der Waals surface area contributed by atoms with Crippen molar-refractivity contribution in [2.45, 2.75) is 38.0 Å². The van der Waals surface area contributed by atoms with Gasteiger partial charge in [-0.15, -0.1) is 0 Å². The first-order valence-corrected chi connectivity index (χ1v) is 9.61. The first-order valence-electron chi connectivity index (χ1n) is 7.41. The highest BCUT2D eigenvalue weighted by molar-refractivity contribution is 8.06. The maximum atomic E-state index is 5.92. The molecule has 21 heavy (non-hydrogen) atoms. The summed E-state index contributed by atoms with van der Waals surface area (Å²) in [5.74, 6) is 4.95. The number of rotatable bonds is 2. The highest BCUT2D eigenvalue weighted by atomic mass is 32.2. The summed E-state index contributed by atoms with van der Waals surface area (Å²) in [6, 6.07) is 6.09. The number of hydrogen-bond donors (Lipinski definition) is 1. The predicted molar refractivity (Wildman–Crippen MR) is 96.4 cm³/mol. The largest absolute Gasteiger partial charge is 0.399 e. The molecular formula is C16H23N3S2. The topological polar surface area (TPSA) is 43.8 Å². The lowest BCUT2D eigenvalue weighted by Gasteiger charge is -2.25. The smallest absolute Gasteiger partial charge is 0.115 e. The van der Waals surface area contributed by atoms with Gasteiger partial charge in [-0.2, -0.15) is 23.5 Å². The van der Waals surface area contributed by atoms with Gasteiger partial charge in [-0.1, -0.05) is 20.8 Å². The van der Waals surface area contributed by atoms with Gasteiger partial charge in [0.05, 0.1) is 11.0 Å². The third kappa shape index (κ3) is 3.19.